The second kappa shape index (κ2) is 11.9. The Morgan fingerprint density at radius 2 is 1.33 bits per heavy atom. The third-order valence-electron chi connectivity index (χ3n) is 5.00. The van der Waals surface area contributed by atoms with Gasteiger partial charge in [-0.2, -0.15) is 12.6 Å². The smallest absolute Gasteiger partial charge is 0.252 e. The average molecular weight is 465 g/mol. The van der Waals surface area contributed by atoms with Crippen molar-refractivity contribution < 1.29 is 9.53 Å². The summed E-state index contributed by atoms with van der Waals surface area (Å²) in [6.07, 6.45) is 3.17. The lowest BCUT2D eigenvalue weighted by molar-refractivity contribution is 0.0956. The van der Waals surface area contributed by atoms with Crippen LogP contribution in [-0.2, 0) is 10.8 Å². The molecule has 0 bridgehead atoms. The molecule has 0 aliphatic carbocycles. The van der Waals surface area contributed by atoms with E-state index in [1.807, 2.05) is 24.3 Å². The van der Waals surface area contributed by atoms with Gasteiger partial charge in [0.15, 0.2) is 0 Å². The van der Waals surface area contributed by atoms with Gasteiger partial charge in [-0.3, -0.25) is 9.78 Å². The molecule has 4 nitrogen and oxygen atoms in total. The van der Waals surface area contributed by atoms with Crippen molar-refractivity contribution in [1.82, 2.24) is 10.3 Å². The van der Waals surface area contributed by atoms with Crippen LogP contribution in [0.4, 0.5) is 0 Å². The van der Waals surface area contributed by atoms with Crippen LogP contribution in [0.2, 0.25) is 0 Å². The second-order valence-corrected chi connectivity index (χ2v) is 10.3. The molecule has 3 aromatic rings. The SMILES string of the molecule is CC(C)(C)c1ccc(Oc2ccc(C(C)(C)C)cc2)cc1.O=C(NCCS)c1cccnc1. The number of nitrogens with one attached hydrogen (secondary N) is 1. The monoisotopic (exact) mass is 464 g/mol. The third-order valence-corrected chi connectivity index (χ3v) is 5.22. The maximum Gasteiger partial charge on any atom is 0.252 e. The Morgan fingerprint density at radius 3 is 1.70 bits per heavy atom. The van der Waals surface area contributed by atoms with Crippen molar-refractivity contribution in [3.05, 3.63) is 89.7 Å². The predicted molar refractivity (Wildman–Crippen MR) is 141 cm³/mol. The molecule has 0 aliphatic rings. The minimum Gasteiger partial charge on any atom is -0.457 e. The van der Waals surface area contributed by atoms with Crippen molar-refractivity contribution in [2.45, 2.75) is 52.4 Å². The summed E-state index contributed by atoms with van der Waals surface area (Å²) in [5, 5.41) is 2.69. The quantitative estimate of drug-likeness (QED) is 0.408. The van der Waals surface area contributed by atoms with Gasteiger partial charge < -0.3 is 10.1 Å². The van der Waals surface area contributed by atoms with Gasteiger partial charge in [0.1, 0.15) is 11.5 Å². The molecule has 5 heteroatoms. The van der Waals surface area contributed by atoms with E-state index < -0.39 is 0 Å². The van der Waals surface area contributed by atoms with Gasteiger partial charge >= 0.3 is 0 Å². The van der Waals surface area contributed by atoms with Crippen molar-refractivity contribution in [2.24, 2.45) is 0 Å². The molecule has 33 heavy (non-hydrogen) atoms. The van der Waals surface area contributed by atoms with Gasteiger partial charge in [-0.25, -0.2) is 0 Å². The minimum atomic E-state index is -0.0999. The van der Waals surface area contributed by atoms with Crippen LogP contribution in [-0.4, -0.2) is 23.2 Å². The lowest BCUT2D eigenvalue weighted by atomic mass is 9.87. The van der Waals surface area contributed by atoms with E-state index in [-0.39, 0.29) is 16.7 Å². The molecule has 0 radical (unpaired) electrons. The molecule has 0 atom stereocenters. The van der Waals surface area contributed by atoms with E-state index in [0.717, 1.165) is 11.5 Å². The van der Waals surface area contributed by atoms with E-state index in [1.54, 1.807) is 18.3 Å². The summed E-state index contributed by atoms with van der Waals surface area (Å²) >= 11 is 3.98. The topological polar surface area (TPSA) is 51.2 Å². The first-order valence-electron chi connectivity index (χ1n) is 11.2. The summed E-state index contributed by atoms with van der Waals surface area (Å²) in [6.45, 7) is 13.9. The molecule has 0 aliphatic heterocycles. The molecule has 0 spiro atoms. The molecule has 0 fully saturated rings. The van der Waals surface area contributed by atoms with Gasteiger partial charge in [0.05, 0.1) is 5.56 Å². The Balaban J connectivity index is 0.000000273. The molecule has 1 aromatic heterocycles. The molecule has 3 rings (SSSR count). The summed E-state index contributed by atoms with van der Waals surface area (Å²) < 4.78 is 5.91. The number of aromatic nitrogens is 1. The zero-order valence-corrected chi connectivity index (χ0v) is 21.4. The van der Waals surface area contributed by atoms with Crippen LogP contribution in [0.1, 0.15) is 63.0 Å². The summed E-state index contributed by atoms with van der Waals surface area (Å²) in [5.74, 6) is 2.31. The highest BCUT2D eigenvalue weighted by Crippen LogP contribution is 2.29. The summed E-state index contributed by atoms with van der Waals surface area (Å²) in [4.78, 5) is 15.1. The van der Waals surface area contributed by atoms with E-state index in [0.29, 0.717) is 17.9 Å². The lowest BCUT2D eigenvalue weighted by Gasteiger charge is -2.20. The maximum absolute atomic E-state index is 11.2. The van der Waals surface area contributed by atoms with Crippen LogP contribution < -0.4 is 10.1 Å². The lowest BCUT2D eigenvalue weighted by Crippen LogP contribution is -2.25. The first-order chi connectivity index (χ1) is 15.5. The van der Waals surface area contributed by atoms with Crippen molar-refractivity contribution in [3.63, 3.8) is 0 Å². The Hall–Kier alpha value is -2.79. The van der Waals surface area contributed by atoms with Gasteiger partial charge in [0.2, 0.25) is 0 Å². The van der Waals surface area contributed by atoms with Crippen LogP contribution in [0.5, 0.6) is 11.5 Å². The Bertz CT molecular complexity index is 932. The number of benzene rings is 2. The van der Waals surface area contributed by atoms with Gasteiger partial charge in [0.25, 0.3) is 5.91 Å². The van der Waals surface area contributed by atoms with E-state index in [9.17, 15) is 4.79 Å². The van der Waals surface area contributed by atoms with Crippen LogP contribution in [0.15, 0.2) is 73.1 Å². The Labute approximate surface area is 204 Å². The van der Waals surface area contributed by atoms with Crippen LogP contribution in [0.25, 0.3) is 0 Å². The van der Waals surface area contributed by atoms with Crippen LogP contribution in [0.3, 0.4) is 0 Å². The average Bonchev–Trinajstić information content (AvgIpc) is 2.78. The molecule has 176 valence electrons. The number of hydrogen-bond donors (Lipinski definition) is 2. The second-order valence-electron chi connectivity index (χ2n) is 9.87. The van der Waals surface area contributed by atoms with Crippen molar-refractivity contribution >= 4 is 18.5 Å². The Morgan fingerprint density at radius 1 is 0.848 bits per heavy atom. The predicted octanol–water partition coefficient (Wildman–Crippen LogP) is 6.82. The summed E-state index contributed by atoms with van der Waals surface area (Å²) in [6, 6.07) is 20.2. The van der Waals surface area contributed by atoms with Gasteiger partial charge in [-0.15, -0.1) is 0 Å². The van der Waals surface area contributed by atoms with E-state index in [4.69, 9.17) is 4.74 Å². The van der Waals surface area contributed by atoms with E-state index >= 15 is 0 Å². The molecular formula is C28H36N2O2S. The zero-order chi connectivity index (χ0) is 24.5. The largest absolute Gasteiger partial charge is 0.457 e. The number of amides is 1. The molecule has 0 saturated carbocycles. The molecular weight excluding hydrogens is 428 g/mol. The number of rotatable bonds is 5. The third kappa shape index (κ3) is 8.93. The fraction of sp³-hybridized carbons (Fsp3) is 0.357. The van der Waals surface area contributed by atoms with Crippen molar-refractivity contribution in [2.75, 3.05) is 12.3 Å². The molecule has 1 heterocycles. The number of pyridine rings is 1. The number of thiol groups is 1. The van der Waals surface area contributed by atoms with Gasteiger partial charge in [-0.05, 0) is 58.4 Å². The zero-order valence-electron chi connectivity index (χ0n) is 20.6. The minimum absolute atomic E-state index is 0.0999. The summed E-state index contributed by atoms with van der Waals surface area (Å²) in [7, 11) is 0. The number of ether oxygens (including phenoxy) is 1. The van der Waals surface area contributed by atoms with E-state index in [1.165, 1.54) is 17.3 Å². The first-order valence-corrected chi connectivity index (χ1v) is 11.8. The highest BCUT2D eigenvalue weighted by Gasteiger charge is 2.14. The number of carbonyl (C=O) groups is 1. The molecule has 2 aromatic carbocycles. The van der Waals surface area contributed by atoms with Crippen LogP contribution >= 0.6 is 12.6 Å². The van der Waals surface area contributed by atoms with Crippen molar-refractivity contribution in [1.29, 1.82) is 0 Å². The molecule has 0 saturated heterocycles. The highest BCUT2D eigenvalue weighted by molar-refractivity contribution is 7.80. The summed E-state index contributed by atoms with van der Waals surface area (Å²) in [5.41, 5.74) is 3.56. The number of hydrogen-bond acceptors (Lipinski definition) is 4. The molecule has 1 amide bonds. The maximum atomic E-state index is 11.2. The van der Waals surface area contributed by atoms with Gasteiger partial charge in [0, 0.05) is 24.7 Å². The highest BCUT2D eigenvalue weighted by atomic mass is 32.1. The molecule has 1 N–H and O–H groups in total. The fourth-order valence-corrected chi connectivity index (χ4v) is 3.06. The van der Waals surface area contributed by atoms with Gasteiger partial charge in [-0.1, -0.05) is 65.8 Å². The van der Waals surface area contributed by atoms with E-state index in [2.05, 4.69) is 88.7 Å². The van der Waals surface area contributed by atoms with Crippen molar-refractivity contribution in [3.8, 4) is 11.5 Å². The molecule has 0 unspecified atom stereocenters. The standard InChI is InChI=1S/C20H26O.C8H10N2OS/c1-19(2,3)15-7-11-17(12-8-15)21-18-13-9-16(10-14-18)20(4,5)6;11-8(10-4-5-12)7-2-1-3-9-6-7/h7-14H,1-6H3;1-3,6,12H,4-5H2,(H,10,11). The van der Waals surface area contributed by atoms with Crippen LogP contribution in [0, 0.1) is 0 Å². The fourth-order valence-electron chi connectivity index (χ4n) is 2.95. The normalized spacial score (nSPS) is 11.2. The number of nitrogens with zero attached hydrogens (tertiary/aromatic N) is 1. The number of carbonyl (C=O) groups excluding carboxylic acids is 1. The first kappa shape index (κ1) is 26.5. The Kier molecular flexibility index (Phi) is 9.54.